The molecule has 0 atom stereocenters. The summed E-state index contributed by atoms with van der Waals surface area (Å²) >= 11 is 14.8. The monoisotopic (exact) mass is 394 g/mol. The number of anilines is 2. The van der Waals surface area contributed by atoms with Crippen LogP contribution >= 0.6 is 39.1 Å². The molecule has 2 aromatic rings. The van der Waals surface area contributed by atoms with Gasteiger partial charge >= 0.3 is 0 Å². The molecular weight excluding hydrogens is 387 g/mol. The van der Waals surface area contributed by atoms with Gasteiger partial charge < -0.3 is 5.73 Å². The van der Waals surface area contributed by atoms with E-state index in [4.69, 9.17) is 28.9 Å². The van der Waals surface area contributed by atoms with E-state index < -0.39 is 10.0 Å². The molecule has 0 radical (unpaired) electrons. The number of hydrogen-bond donors (Lipinski definition) is 2. The molecular formula is C12H9BrCl2N2O2S. The SMILES string of the molecule is Nc1cc(Cl)ccc1S(=O)(=O)Nc1ccc(Cl)cc1Br. The van der Waals surface area contributed by atoms with Crippen LogP contribution in [0.15, 0.2) is 45.8 Å². The van der Waals surface area contributed by atoms with E-state index >= 15 is 0 Å². The van der Waals surface area contributed by atoms with Gasteiger partial charge in [0.25, 0.3) is 10.0 Å². The lowest BCUT2D eigenvalue weighted by Crippen LogP contribution is -2.15. The zero-order valence-corrected chi connectivity index (χ0v) is 13.8. The summed E-state index contributed by atoms with van der Waals surface area (Å²) in [6.45, 7) is 0. The van der Waals surface area contributed by atoms with Crippen molar-refractivity contribution in [2.24, 2.45) is 0 Å². The molecule has 2 rings (SSSR count). The number of nitrogen functional groups attached to an aromatic ring is 1. The standard InChI is InChI=1S/C12H9BrCl2N2O2S/c13-9-5-7(14)1-3-11(9)17-20(18,19)12-4-2-8(15)6-10(12)16/h1-6,17H,16H2. The van der Waals surface area contributed by atoms with Gasteiger partial charge in [-0.2, -0.15) is 0 Å². The van der Waals surface area contributed by atoms with Crippen molar-refractivity contribution in [3.63, 3.8) is 0 Å². The van der Waals surface area contributed by atoms with Gasteiger partial charge in [0.2, 0.25) is 0 Å². The summed E-state index contributed by atoms with van der Waals surface area (Å²) in [5.41, 5.74) is 6.13. The summed E-state index contributed by atoms with van der Waals surface area (Å²) in [6.07, 6.45) is 0. The van der Waals surface area contributed by atoms with Crippen LogP contribution < -0.4 is 10.5 Å². The molecule has 4 nitrogen and oxygen atoms in total. The molecule has 20 heavy (non-hydrogen) atoms. The molecule has 0 aromatic heterocycles. The smallest absolute Gasteiger partial charge is 0.263 e. The van der Waals surface area contributed by atoms with E-state index in [1.807, 2.05) is 0 Å². The maximum Gasteiger partial charge on any atom is 0.263 e. The summed E-state index contributed by atoms with van der Waals surface area (Å²) in [5.74, 6) is 0. The number of rotatable bonds is 3. The first-order chi connectivity index (χ1) is 9.29. The van der Waals surface area contributed by atoms with Crippen molar-refractivity contribution in [3.8, 4) is 0 Å². The van der Waals surface area contributed by atoms with E-state index in [1.165, 1.54) is 18.2 Å². The highest BCUT2D eigenvalue weighted by atomic mass is 79.9. The largest absolute Gasteiger partial charge is 0.398 e. The fraction of sp³-hybridized carbons (Fsp3) is 0. The van der Waals surface area contributed by atoms with E-state index in [-0.39, 0.29) is 10.6 Å². The van der Waals surface area contributed by atoms with Crippen LogP contribution in [0.3, 0.4) is 0 Å². The minimum Gasteiger partial charge on any atom is -0.398 e. The minimum atomic E-state index is -3.80. The Morgan fingerprint density at radius 3 is 2.25 bits per heavy atom. The van der Waals surface area contributed by atoms with E-state index in [0.717, 1.165) is 0 Å². The quantitative estimate of drug-likeness (QED) is 0.767. The summed E-state index contributed by atoms with van der Waals surface area (Å²) in [5, 5.41) is 0.861. The molecule has 0 aliphatic carbocycles. The first kappa shape index (κ1) is 15.4. The Labute approximate surface area is 135 Å². The lowest BCUT2D eigenvalue weighted by molar-refractivity contribution is 0.601. The third kappa shape index (κ3) is 3.38. The molecule has 3 N–H and O–H groups in total. The predicted octanol–water partition coefficient (Wildman–Crippen LogP) is 4.14. The fourth-order valence-electron chi connectivity index (χ4n) is 1.54. The van der Waals surface area contributed by atoms with Gasteiger partial charge in [0.05, 0.1) is 11.4 Å². The van der Waals surface area contributed by atoms with Crippen LogP contribution in [0.1, 0.15) is 0 Å². The predicted molar refractivity (Wildman–Crippen MR) is 85.8 cm³/mol. The molecule has 0 saturated heterocycles. The summed E-state index contributed by atoms with van der Waals surface area (Å²) in [4.78, 5) is -0.0382. The van der Waals surface area contributed by atoms with Crippen LogP contribution in [-0.2, 0) is 10.0 Å². The first-order valence-electron chi connectivity index (χ1n) is 5.32. The van der Waals surface area contributed by atoms with Gasteiger partial charge in [0.1, 0.15) is 4.90 Å². The Morgan fingerprint density at radius 2 is 1.65 bits per heavy atom. The second-order valence-electron chi connectivity index (χ2n) is 3.91. The summed E-state index contributed by atoms with van der Waals surface area (Å²) < 4.78 is 27.5. The van der Waals surface area contributed by atoms with Gasteiger partial charge in [-0.3, -0.25) is 4.72 Å². The average Bonchev–Trinajstić information content (AvgIpc) is 2.32. The second-order valence-corrected chi connectivity index (χ2v) is 7.29. The highest BCUT2D eigenvalue weighted by Gasteiger charge is 2.18. The molecule has 0 spiro atoms. The molecule has 0 unspecified atom stereocenters. The van der Waals surface area contributed by atoms with Gasteiger partial charge in [0.15, 0.2) is 0 Å². The maximum absolute atomic E-state index is 12.3. The molecule has 0 saturated carbocycles. The molecule has 106 valence electrons. The Morgan fingerprint density at radius 1 is 1.05 bits per heavy atom. The summed E-state index contributed by atoms with van der Waals surface area (Å²) in [6, 6.07) is 8.91. The Hall–Kier alpha value is -0.950. The van der Waals surface area contributed by atoms with Gasteiger partial charge in [-0.15, -0.1) is 0 Å². The zero-order chi connectivity index (χ0) is 14.9. The summed E-state index contributed by atoms with van der Waals surface area (Å²) in [7, 11) is -3.80. The Kier molecular flexibility index (Phi) is 4.49. The molecule has 0 aliphatic rings. The maximum atomic E-state index is 12.3. The van der Waals surface area contributed by atoms with E-state index in [2.05, 4.69) is 20.7 Å². The van der Waals surface area contributed by atoms with Crippen LogP contribution in [-0.4, -0.2) is 8.42 Å². The number of hydrogen-bond acceptors (Lipinski definition) is 3. The Bertz CT molecular complexity index is 766. The molecule has 0 bridgehead atoms. The molecule has 0 amide bonds. The van der Waals surface area contributed by atoms with Crippen LogP contribution in [0.25, 0.3) is 0 Å². The van der Waals surface area contributed by atoms with Crippen molar-refractivity contribution >= 4 is 60.5 Å². The third-order valence-electron chi connectivity index (χ3n) is 2.44. The van der Waals surface area contributed by atoms with Crippen molar-refractivity contribution in [2.75, 3.05) is 10.5 Å². The highest BCUT2D eigenvalue weighted by molar-refractivity contribution is 9.10. The molecule has 0 aliphatic heterocycles. The second kappa shape index (κ2) is 5.81. The van der Waals surface area contributed by atoms with Crippen molar-refractivity contribution in [3.05, 3.63) is 50.9 Å². The van der Waals surface area contributed by atoms with Crippen molar-refractivity contribution in [2.45, 2.75) is 4.90 Å². The number of benzene rings is 2. The van der Waals surface area contributed by atoms with E-state index in [0.29, 0.717) is 20.2 Å². The fourth-order valence-corrected chi connectivity index (χ4v) is 3.82. The minimum absolute atomic E-state index is 0.0382. The van der Waals surface area contributed by atoms with Crippen molar-refractivity contribution in [1.82, 2.24) is 0 Å². The Balaban J connectivity index is 2.41. The average molecular weight is 396 g/mol. The molecule has 0 heterocycles. The molecule has 0 fully saturated rings. The van der Waals surface area contributed by atoms with Crippen LogP contribution in [0.5, 0.6) is 0 Å². The van der Waals surface area contributed by atoms with Gasteiger partial charge in [-0.1, -0.05) is 23.2 Å². The number of nitrogens with two attached hydrogens (primary N) is 1. The number of nitrogens with one attached hydrogen (secondary N) is 1. The van der Waals surface area contributed by atoms with Gasteiger partial charge in [-0.05, 0) is 52.3 Å². The normalized spacial score (nSPS) is 11.3. The number of sulfonamides is 1. The van der Waals surface area contributed by atoms with Crippen LogP contribution in [0, 0.1) is 0 Å². The lowest BCUT2D eigenvalue weighted by Gasteiger charge is -2.11. The molecule has 8 heteroatoms. The lowest BCUT2D eigenvalue weighted by atomic mass is 10.3. The van der Waals surface area contributed by atoms with Crippen molar-refractivity contribution < 1.29 is 8.42 Å². The number of halogens is 3. The topological polar surface area (TPSA) is 72.2 Å². The van der Waals surface area contributed by atoms with E-state index in [1.54, 1.807) is 18.2 Å². The first-order valence-corrected chi connectivity index (χ1v) is 8.36. The van der Waals surface area contributed by atoms with Crippen molar-refractivity contribution in [1.29, 1.82) is 0 Å². The van der Waals surface area contributed by atoms with Crippen LogP contribution in [0.2, 0.25) is 10.0 Å². The van der Waals surface area contributed by atoms with Gasteiger partial charge in [0, 0.05) is 14.5 Å². The van der Waals surface area contributed by atoms with Gasteiger partial charge in [-0.25, -0.2) is 8.42 Å². The third-order valence-corrected chi connectivity index (χ3v) is 5.00. The zero-order valence-electron chi connectivity index (χ0n) is 9.90. The van der Waals surface area contributed by atoms with Crippen LogP contribution in [0.4, 0.5) is 11.4 Å². The van der Waals surface area contributed by atoms with E-state index in [9.17, 15) is 8.42 Å². The molecule has 2 aromatic carbocycles. The highest BCUT2D eigenvalue weighted by Crippen LogP contribution is 2.30.